The van der Waals surface area contributed by atoms with Crippen LogP contribution >= 0.6 is 23.4 Å². The molecular formula is C19H25ClN6OS. The van der Waals surface area contributed by atoms with E-state index < -0.39 is 0 Å². The van der Waals surface area contributed by atoms with Gasteiger partial charge in [-0.15, -0.1) is 11.8 Å². The fourth-order valence-electron chi connectivity index (χ4n) is 2.32. The summed E-state index contributed by atoms with van der Waals surface area (Å²) in [6.07, 6.45) is 2.50. The van der Waals surface area contributed by atoms with Crippen LogP contribution in [0.25, 0.3) is 0 Å². The van der Waals surface area contributed by atoms with Crippen molar-refractivity contribution in [3.63, 3.8) is 0 Å². The number of carbonyl (C=O) groups excluding carboxylic acids is 1. The lowest BCUT2D eigenvalue weighted by Crippen LogP contribution is -2.28. The summed E-state index contributed by atoms with van der Waals surface area (Å²) in [6.45, 7) is 8.34. The number of aryl methyl sites for hydroxylation is 1. The van der Waals surface area contributed by atoms with Crippen LogP contribution in [0.15, 0.2) is 28.2 Å². The number of thioether (sulfide) groups is 1. The Balaban J connectivity index is 2.25. The van der Waals surface area contributed by atoms with Crippen LogP contribution in [-0.4, -0.2) is 45.9 Å². The van der Waals surface area contributed by atoms with E-state index in [0.29, 0.717) is 30.0 Å². The predicted molar refractivity (Wildman–Crippen MR) is 116 cm³/mol. The maximum atomic E-state index is 11.6. The summed E-state index contributed by atoms with van der Waals surface area (Å²) in [7, 11) is 1.90. The van der Waals surface area contributed by atoms with Crippen LogP contribution in [0.2, 0.25) is 5.28 Å². The number of hydrogen-bond acceptors (Lipinski definition) is 7. The Morgan fingerprint density at radius 2 is 2.14 bits per heavy atom. The zero-order chi connectivity index (χ0) is 20.7. The Morgan fingerprint density at radius 1 is 1.39 bits per heavy atom. The first kappa shape index (κ1) is 22.1. The van der Waals surface area contributed by atoms with E-state index in [2.05, 4.69) is 32.2 Å². The zero-order valence-corrected chi connectivity index (χ0v) is 18.3. The van der Waals surface area contributed by atoms with Crippen LogP contribution in [0.4, 0.5) is 11.5 Å². The molecule has 0 amide bonds. The largest absolute Gasteiger partial charge is 0.362 e. The normalized spacial score (nSPS) is 11.6. The summed E-state index contributed by atoms with van der Waals surface area (Å²) in [5, 5.41) is 3.18. The second-order valence-corrected chi connectivity index (χ2v) is 8.02. The Kier molecular flexibility index (Phi) is 8.19. The van der Waals surface area contributed by atoms with E-state index in [1.54, 1.807) is 18.7 Å². The quantitative estimate of drug-likeness (QED) is 0.228. The third kappa shape index (κ3) is 5.90. The van der Waals surface area contributed by atoms with Crippen molar-refractivity contribution in [2.45, 2.75) is 45.2 Å². The highest BCUT2D eigenvalue weighted by atomic mass is 35.5. The average Bonchev–Trinajstić information content (AvgIpc) is 2.67. The van der Waals surface area contributed by atoms with Crippen LogP contribution in [0.5, 0.6) is 0 Å². The molecule has 1 N–H and O–H groups in total. The Bertz CT molecular complexity index is 841. The van der Waals surface area contributed by atoms with Crippen LogP contribution in [0.3, 0.4) is 0 Å². The Labute approximate surface area is 175 Å². The van der Waals surface area contributed by atoms with Crippen molar-refractivity contribution < 1.29 is 4.79 Å². The van der Waals surface area contributed by atoms with Gasteiger partial charge in [-0.2, -0.15) is 4.98 Å². The number of aliphatic imine (C=N–C) groups is 1. The molecule has 0 saturated carbocycles. The second kappa shape index (κ2) is 10.4. The molecule has 2 aromatic rings. The van der Waals surface area contributed by atoms with Crippen molar-refractivity contribution in [1.29, 1.82) is 0 Å². The summed E-state index contributed by atoms with van der Waals surface area (Å²) in [5.41, 5.74) is 1.93. The number of nitrogens with one attached hydrogen (secondary N) is 1. The summed E-state index contributed by atoms with van der Waals surface area (Å²) in [5.74, 6) is 1.76. The van der Waals surface area contributed by atoms with Gasteiger partial charge in [0, 0.05) is 24.2 Å². The molecule has 7 nitrogen and oxygen atoms in total. The minimum absolute atomic E-state index is 0.147. The number of hydrogen-bond donors (Lipinski definition) is 1. The first-order valence-corrected chi connectivity index (χ1v) is 10.3. The average molecular weight is 421 g/mol. The molecule has 0 aromatic carbocycles. The maximum Gasteiger partial charge on any atom is 0.224 e. The van der Waals surface area contributed by atoms with Crippen LogP contribution in [0.1, 0.15) is 32.2 Å². The fourth-order valence-corrected chi connectivity index (χ4v) is 3.15. The second-order valence-electron chi connectivity index (χ2n) is 6.34. The highest BCUT2D eigenvalue weighted by Crippen LogP contribution is 2.31. The number of amidine groups is 1. The summed E-state index contributed by atoms with van der Waals surface area (Å²) >= 11 is 7.76. The van der Waals surface area contributed by atoms with E-state index in [9.17, 15) is 4.79 Å². The molecular weight excluding hydrogens is 396 g/mol. The van der Waals surface area contributed by atoms with E-state index in [0.717, 1.165) is 16.3 Å². The topological polar surface area (TPSA) is 83.4 Å². The SMILES string of the molecule is CCSc1ccc(CN/C(C=O)=N/c2c(C)nc(Cl)nc2N(C)C(C)C)nc1. The van der Waals surface area contributed by atoms with Crippen LogP contribution in [-0.2, 0) is 11.3 Å². The molecule has 0 aliphatic heterocycles. The summed E-state index contributed by atoms with van der Waals surface area (Å²) in [4.78, 5) is 32.0. The number of anilines is 1. The Hall–Kier alpha value is -2.19. The first-order valence-electron chi connectivity index (χ1n) is 8.98. The predicted octanol–water partition coefficient (Wildman–Crippen LogP) is 3.81. The van der Waals surface area contributed by atoms with E-state index in [-0.39, 0.29) is 17.2 Å². The molecule has 150 valence electrons. The molecule has 28 heavy (non-hydrogen) atoms. The highest BCUT2D eigenvalue weighted by Gasteiger charge is 2.17. The summed E-state index contributed by atoms with van der Waals surface area (Å²) in [6, 6.07) is 4.13. The lowest BCUT2D eigenvalue weighted by molar-refractivity contribution is -0.102. The molecule has 0 unspecified atom stereocenters. The minimum atomic E-state index is 0.147. The molecule has 9 heteroatoms. The number of rotatable bonds is 8. The molecule has 0 bridgehead atoms. The number of pyridine rings is 1. The van der Waals surface area contributed by atoms with Gasteiger partial charge < -0.3 is 10.2 Å². The molecule has 0 spiro atoms. The van der Waals surface area contributed by atoms with Gasteiger partial charge in [0.1, 0.15) is 5.69 Å². The smallest absolute Gasteiger partial charge is 0.224 e. The van der Waals surface area contributed by atoms with Gasteiger partial charge in [-0.25, -0.2) is 9.98 Å². The molecule has 0 saturated heterocycles. The van der Waals surface area contributed by atoms with Gasteiger partial charge in [0.2, 0.25) is 5.28 Å². The first-order chi connectivity index (χ1) is 13.3. The van der Waals surface area contributed by atoms with Gasteiger partial charge in [-0.1, -0.05) is 6.92 Å². The summed E-state index contributed by atoms with van der Waals surface area (Å²) < 4.78 is 0. The van der Waals surface area contributed by atoms with Crippen LogP contribution in [0, 0.1) is 6.92 Å². The molecule has 0 aliphatic rings. The van der Waals surface area contributed by atoms with Crippen molar-refractivity contribution in [1.82, 2.24) is 20.3 Å². The lowest BCUT2D eigenvalue weighted by atomic mass is 10.3. The molecule has 0 radical (unpaired) electrons. The van der Waals surface area contributed by atoms with Gasteiger partial charge in [0.25, 0.3) is 0 Å². The maximum absolute atomic E-state index is 11.6. The third-order valence-corrected chi connectivity index (χ3v) is 5.06. The number of aromatic nitrogens is 3. The molecule has 0 aliphatic carbocycles. The van der Waals surface area contributed by atoms with Crippen molar-refractivity contribution >= 4 is 47.0 Å². The standard InChI is InChI=1S/C19H25ClN6OS/c1-6-28-15-8-7-14(21-10-15)9-22-16(11-27)24-17-13(4)23-19(20)25-18(17)26(5)12(2)3/h7-8,10-12H,6,9H2,1-5H3,(H,22,24). The van der Waals surface area contributed by atoms with Gasteiger partial charge in [0.15, 0.2) is 17.9 Å². The molecule has 0 fully saturated rings. The third-order valence-electron chi connectivity index (χ3n) is 4.02. The van der Waals surface area contributed by atoms with Gasteiger partial charge in [-0.05, 0) is 50.3 Å². The molecule has 0 atom stereocenters. The number of nitrogens with zero attached hydrogens (tertiary/aromatic N) is 5. The van der Waals surface area contributed by atoms with Crippen molar-refractivity contribution in [2.75, 3.05) is 17.7 Å². The van der Waals surface area contributed by atoms with Crippen molar-refractivity contribution in [2.24, 2.45) is 4.99 Å². The number of carbonyl (C=O) groups is 1. The van der Waals surface area contributed by atoms with Gasteiger partial charge >= 0.3 is 0 Å². The highest BCUT2D eigenvalue weighted by molar-refractivity contribution is 7.99. The van der Waals surface area contributed by atoms with E-state index in [4.69, 9.17) is 11.6 Å². The zero-order valence-electron chi connectivity index (χ0n) is 16.7. The molecule has 2 aromatic heterocycles. The number of halogens is 1. The molecule has 2 rings (SSSR count). The van der Waals surface area contributed by atoms with E-state index >= 15 is 0 Å². The number of aldehydes is 1. The van der Waals surface area contributed by atoms with Crippen molar-refractivity contribution in [3.8, 4) is 0 Å². The van der Waals surface area contributed by atoms with Gasteiger partial charge in [-0.3, -0.25) is 9.78 Å². The van der Waals surface area contributed by atoms with Gasteiger partial charge in [0.05, 0.1) is 17.9 Å². The van der Waals surface area contributed by atoms with E-state index in [1.807, 2.05) is 44.1 Å². The minimum Gasteiger partial charge on any atom is -0.362 e. The van der Waals surface area contributed by atoms with Crippen molar-refractivity contribution in [3.05, 3.63) is 35.0 Å². The monoisotopic (exact) mass is 420 g/mol. The fraction of sp³-hybridized carbons (Fsp3) is 0.421. The lowest BCUT2D eigenvalue weighted by Gasteiger charge is -2.24. The Morgan fingerprint density at radius 3 is 2.71 bits per heavy atom. The molecule has 2 heterocycles. The van der Waals surface area contributed by atoms with E-state index in [1.165, 1.54) is 0 Å². The van der Waals surface area contributed by atoms with Crippen LogP contribution < -0.4 is 10.2 Å².